The van der Waals surface area contributed by atoms with E-state index in [0.29, 0.717) is 16.5 Å². The first-order chi connectivity index (χ1) is 9.44. The summed E-state index contributed by atoms with van der Waals surface area (Å²) in [6, 6.07) is 5.21. The Hall–Kier alpha value is -0.720. The molecule has 6 heteroatoms. The second kappa shape index (κ2) is 6.37. The molecule has 1 aromatic rings. The van der Waals surface area contributed by atoms with Crippen molar-refractivity contribution < 1.29 is 8.42 Å². The zero-order chi connectivity index (χ0) is 14.8. The number of nitrogens with two attached hydrogens (primary N) is 1. The Balaban J connectivity index is 2.12. The number of hydrogen-bond donors (Lipinski definition) is 2. The molecule has 2 rings (SSSR count). The maximum atomic E-state index is 12.5. The van der Waals surface area contributed by atoms with Crippen LogP contribution in [0.25, 0.3) is 0 Å². The predicted molar refractivity (Wildman–Crippen MR) is 85.5 cm³/mol. The molecule has 20 heavy (non-hydrogen) atoms. The van der Waals surface area contributed by atoms with Crippen molar-refractivity contribution in [3.05, 3.63) is 23.8 Å². The lowest BCUT2D eigenvalue weighted by molar-refractivity contribution is 0.420. The monoisotopic (exact) mass is 314 g/mol. The van der Waals surface area contributed by atoms with Crippen LogP contribution in [0.5, 0.6) is 0 Å². The highest BCUT2D eigenvalue weighted by atomic mass is 32.2. The minimum Gasteiger partial charge on any atom is -0.398 e. The van der Waals surface area contributed by atoms with Crippen LogP contribution < -0.4 is 10.5 Å². The third kappa shape index (κ3) is 3.48. The summed E-state index contributed by atoms with van der Waals surface area (Å²) in [6.07, 6.45) is 6.05. The minimum absolute atomic E-state index is 0.0300. The van der Waals surface area contributed by atoms with E-state index in [4.69, 9.17) is 5.73 Å². The lowest BCUT2D eigenvalue weighted by Crippen LogP contribution is -2.38. The van der Waals surface area contributed by atoms with Gasteiger partial charge in [-0.15, -0.1) is 0 Å². The molecule has 0 saturated heterocycles. The van der Waals surface area contributed by atoms with E-state index in [2.05, 4.69) is 11.0 Å². The quantitative estimate of drug-likeness (QED) is 0.838. The van der Waals surface area contributed by atoms with Crippen molar-refractivity contribution in [1.82, 2.24) is 4.72 Å². The van der Waals surface area contributed by atoms with Crippen LogP contribution in [0.4, 0.5) is 5.69 Å². The van der Waals surface area contributed by atoms with Crippen molar-refractivity contribution in [3.8, 4) is 0 Å². The molecule has 1 aliphatic rings. The molecule has 0 heterocycles. The number of rotatable bonds is 4. The molecule has 3 N–H and O–H groups in total. The third-order valence-corrected chi connectivity index (χ3v) is 6.72. The first kappa shape index (κ1) is 15.7. The van der Waals surface area contributed by atoms with Gasteiger partial charge < -0.3 is 5.73 Å². The van der Waals surface area contributed by atoms with Gasteiger partial charge in [0.25, 0.3) is 0 Å². The molecule has 0 aromatic heterocycles. The third-order valence-electron chi connectivity index (χ3n) is 3.84. The number of nitrogen functional groups attached to an aromatic ring is 1. The van der Waals surface area contributed by atoms with Gasteiger partial charge in [0.05, 0.1) is 5.69 Å². The zero-order valence-corrected chi connectivity index (χ0v) is 13.6. The lowest BCUT2D eigenvalue weighted by Gasteiger charge is -2.28. The SMILES string of the molecule is CSC1CCC(NS(=O)(=O)c2c(C)cccc2N)CC1. The molecule has 0 radical (unpaired) electrons. The van der Waals surface area contributed by atoms with E-state index in [-0.39, 0.29) is 10.9 Å². The van der Waals surface area contributed by atoms with E-state index in [1.807, 2.05) is 11.8 Å². The van der Waals surface area contributed by atoms with Gasteiger partial charge in [-0.2, -0.15) is 11.8 Å². The second-order valence-corrected chi connectivity index (χ2v) is 8.11. The Morgan fingerprint density at radius 2 is 1.90 bits per heavy atom. The van der Waals surface area contributed by atoms with Crippen molar-refractivity contribution in [2.24, 2.45) is 0 Å². The van der Waals surface area contributed by atoms with E-state index in [1.54, 1.807) is 25.1 Å². The number of nitrogens with one attached hydrogen (secondary N) is 1. The number of aryl methyl sites for hydroxylation is 1. The average molecular weight is 314 g/mol. The van der Waals surface area contributed by atoms with Crippen molar-refractivity contribution in [1.29, 1.82) is 0 Å². The molecule has 0 bridgehead atoms. The highest BCUT2D eigenvalue weighted by Gasteiger charge is 2.27. The summed E-state index contributed by atoms with van der Waals surface area (Å²) >= 11 is 1.87. The van der Waals surface area contributed by atoms with Gasteiger partial charge in [-0.1, -0.05) is 12.1 Å². The molecule has 0 spiro atoms. The van der Waals surface area contributed by atoms with Crippen LogP contribution in [0.3, 0.4) is 0 Å². The summed E-state index contributed by atoms with van der Waals surface area (Å²) in [6.45, 7) is 1.77. The Morgan fingerprint density at radius 1 is 1.25 bits per heavy atom. The summed E-state index contributed by atoms with van der Waals surface area (Å²) in [5, 5.41) is 0.666. The van der Waals surface area contributed by atoms with Crippen LogP contribution in [0.2, 0.25) is 0 Å². The molecule has 0 amide bonds. The van der Waals surface area contributed by atoms with E-state index in [9.17, 15) is 8.42 Å². The first-order valence-electron chi connectivity index (χ1n) is 6.84. The summed E-state index contributed by atoms with van der Waals surface area (Å²) in [4.78, 5) is 0.229. The Bertz CT molecular complexity index is 544. The molecule has 1 aromatic carbocycles. The molecule has 112 valence electrons. The molecule has 0 atom stereocenters. The fourth-order valence-electron chi connectivity index (χ4n) is 2.74. The molecule has 0 aliphatic heterocycles. The van der Waals surface area contributed by atoms with Crippen LogP contribution in [0.1, 0.15) is 31.2 Å². The van der Waals surface area contributed by atoms with Crippen LogP contribution in [-0.2, 0) is 10.0 Å². The Labute approximate surface area is 125 Å². The molecular weight excluding hydrogens is 292 g/mol. The fourth-order valence-corrected chi connectivity index (χ4v) is 5.14. The number of thioether (sulfide) groups is 1. The van der Waals surface area contributed by atoms with Gasteiger partial charge >= 0.3 is 0 Å². The van der Waals surface area contributed by atoms with Gasteiger partial charge in [-0.05, 0) is 50.5 Å². The largest absolute Gasteiger partial charge is 0.398 e. The van der Waals surface area contributed by atoms with Gasteiger partial charge in [-0.25, -0.2) is 13.1 Å². The summed E-state index contributed by atoms with van der Waals surface area (Å²) in [5.74, 6) is 0. The number of hydrogen-bond acceptors (Lipinski definition) is 4. The topological polar surface area (TPSA) is 72.2 Å². The second-order valence-electron chi connectivity index (χ2n) is 5.32. The predicted octanol–water partition coefficient (Wildman–Crippen LogP) is 2.53. The zero-order valence-electron chi connectivity index (χ0n) is 11.9. The summed E-state index contributed by atoms with van der Waals surface area (Å²) < 4.78 is 27.8. The Morgan fingerprint density at radius 3 is 2.45 bits per heavy atom. The van der Waals surface area contributed by atoms with Crippen LogP contribution in [-0.4, -0.2) is 26.0 Å². The molecule has 1 fully saturated rings. The molecule has 1 saturated carbocycles. The van der Waals surface area contributed by atoms with Crippen molar-refractivity contribution in [2.45, 2.75) is 48.8 Å². The number of sulfonamides is 1. The minimum atomic E-state index is -3.53. The summed E-state index contributed by atoms with van der Waals surface area (Å²) in [5.41, 5.74) is 6.84. The maximum absolute atomic E-state index is 12.5. The molecular formula is C14H22N2O2S2. The van der Waals surface area contributed by atoms with E-state index in [0.717, 1.165) is 25.7 Å². The van der Waals surface area contributed by atoms with Crippen LogP contribution in [0, 0.1) is 6.92 Å². The molecule has 1 aliphatic carbocycles. The van der Waals surface area contributed by atoms with Crippen LogP contribution >= 0.6 is 11.8 Å². The normalized spacial score (nSPS) is 23.7. The van der Waals surface area contributed by atoms with Crippen molar-refractivity contribution >= 4 is 27.5 Å². The lowest BCUT2D eigenvalue weighted by atomic mass is 9.96. The van der Waals surface area contributed by atoms with Gasteiger partial charge in [0.1, 0.15) is 4.90 Å². The van der Waals surface area contributed by atoms with Crippen molar-refractivity contribution in [2.75, 3.05) is 12.0 Å². The van der Waals surface area contributed by atoms with Gasteiger partial charge in [0.2, 0.25) is 10.0 Å². The average Bonchev–Trinajstić information content (AvgIpc) is 2.38. The molecule has 0 unspecified atom stereocenters. The highest BCUT2D eigenvalue weighted by Crippen LogP contribution is 2.29. The van der Waals surface area contributed by atoms with Crippen molar-refractivity contribution in [3.63, 3.8) is 0 Å². The smallest absolute Gasteiger partial charge is 0.243 e. The van der Waals surface area contributed by atoms with E-state index < -0.39 is 10.0 Å². The highest BCUT2D eigenvalue weighted by molar-refractivity contribution is 7.99. The molecule has 4 nitrogen and oxygen atoms in total. The standard InChI is InChI=1S/C14H22N2O2S2/c1-10-4-3-5-13(15)14(10)20(17,18)16-11-6-8-12(19-2)9-7-11/h3-5,11-12,16H,6-9,15H2,1-2H3. The van der Waals surface area contributed by atoms with Crippen LogP contribution in [0.15, 0.2) is 23.1 Å². The maximum Gasteiger partial charge on any atom is 0.243 e. The van der Waals surface area contributed by atoms with Gasteiger partial charge in [0.15, 0.2) is 0 Å². The number of anilines is 1. The number of benzene rings is 1. The fraction of sp³-hybridized carbons (Fsp3) is 0.571. The Kier molecular flexibility index (Phi) is 4.99. The van der Waals surface area contributed by atoms with Gasteiger partial charge in [-0.3, -0.25) is 0 Å². The summed E-state index contributed by atoms with van der Waals surface area (Å²) in [7, 11) is -3.53. The van der Waals surface area contributed by atoms with E-state index >= 15 is 0 Å². The first-order valence-corrected chi connectivity index (χ1v) is 9.61. The van der Waals surface area contributed by atoms with Gasteiger partial charge in [0, 0.05) is 11.3 Å². The van der Waals surface area contributed by atoms with E-state index in [1.165, 1.54) is 0 Å².